The lowest BCUT2D eigenvalue weighted by atomic mass is 10.1. The number of benzene rings is 2. The first-order chi connectivity index (χ1) is 9.99. The van der Waals surface area contributed by atoms with Crippen LogP contribution < -0.4 is 11.1 Å². The van der Waals surface area contributed by atoms with Crippen LogP contribution in [0.25, 0.3) is 0 Å². The molecule has 3 nitrogen and oxygen atoms in total. The van der Waals surface area contributed by atoms with E-state index in [0.29, 0.717) is 12.0 Å². The number of nitrogen functional groups attached to an aromatic ring is 1. The smallest absolute Gasteiger partial charge is 0.257 e. The number of carbonyl (C=O) groups excluding carboxylic acids is 1. The lowest BCUT2D eigenvalue weighted by Gasteiger charge is -2.08. The van der Waals surface area contributed by atoms with Crippen molar-refractivity contribution < 1.29 is 18.0 Å². The molecule has 0 atom stereocenters. The molecule has 0 aromatic heterocycles. The summed E-state index contributed by atoms with van der Waals surface area (Å²) in [6.45, 7) is 0.121. The average Bonchev–Trinajstić information content (AvgIpc) is 2.43. The highest BCUT2D eigenvalue weighted by Crippen LogP contribution is 2.18. The maximum atomic E-state index is 13.6. The highest BCUT2D eigenvalue weighted by atomic mass is 19.1. The Labute approximate surface area is 119 Å². The van der Waals surface area contributed by atoms with Crippen molar-refractivity contribution in [3.05, 3.63) is 65.0 Å². The van der Waals surface area contributed by atoms with E-state index in [1.807, 2.05) is 0 Å². The van der Waals surface area contributed by atoms with E-state index < -0.39 is 23.1 Å². The van der Waals surface area contributed by atoms with E-state index in [4.69, 9.17) is 5.73 Å². The fourth-order valence-electron chi connectivity index (χ4n) is 1.88. The number of hydrogen-bond acceptors (Lipinski definition) is 2. The lowest BCUT2D eigenvalue weighted by molar-refractivity contribution is 0.0946. The highest BCUT2D eigenvalue weighted by Gasteiger charge is 2.19. The van der Waals surface area contributed by atoms with Gasteiger partial charge in [-0.3, -0.25) is 4.79 Å². The van der Waals surface area contributed by atoms with Crippen molar-refractivity contribution in [2.75, 3.05) is 12.3 Å². The Balaban J connectivity index is 2.01. The molecule has 0 spiro atoms. The molecular formula is C15H13F3N2O. The zero-order chi connectivity index (χ0) is 15.4. The number of carbonyl (C=O) groups is 1. The van der Waals surface area contributed by atoms with E-state index in [2.05, 4.69) is 5.32 Å². The van der Waals surface area contributed by atoms with Crippen molar-refractivity contribution in [1.82, 2.24) is 5.32 Å². The van der Waals surface area contributed by atoms with E-state index in [-0.39, 0.29) is 18.0 Å². The van der Waals surface area contributed by atoms with Gasteiger partial charge in [-0.15, -0.1) is 0 Å². The minimum absolute atomic E-state index is 0.121. The molecule has 0 fully saturated rings. The number of rotatable bonds is 4. The third-order valence-electron chi connectivity index (χ3n) is 2.94. The second kappa shape index (κ2) is 6.30. The van der Waals surface area contributed by atoms with Crippen LogP contribution in [0.1, 0.15) is 15.9 Å². The van der Waals surface area contributed by atoms with Crippen molar-refractivity contribution in [3.8, 4) is 0 Å². The Bertz CT molecular complexity index is 674. The summed E-state index contributed by atoms with van der Waals surface area (Å²) in [4.78, 5) is 11.8. The number of nitrogens with one attached hydrogen (secondary N) is 1. The first-order valence-corrected chi connectivity index (χ1v) is 6.25. The summed E-state index contributed by atoms with van der Waals surface area (Å²) in [5, 5.41) is 2.38. The minimum atomic E-state index is -1.08. The molecule has 0 heterocycles. The summed E-state index contributed by atoms with van der Waals surface area (Å²) in [6, 6.07) is 7.85. The van der Waals surface area contributed by atoms with Crippen LogP contribution in [0.5, 0.6) is 0 Å². The van der Waals surface area contributed by atoms with Crippen LogP contribution in [0.3, 0.4) is 0 Å². The Morgan fingerprint density at radius 3 is 2.62 bits per heavy atom. The molecule has 2 aromatic rings. The molecule has 0 aliphatic rings. The van der Waals surface area contributed by atoms with E-state index in [1.165, 1.54) is 12.1 Å². The van der Waals surface area contributed by atoms with E-state index >= 15 is 0 Å². The van der Waals surface area contributed by atoms with Gasteiger partial charge in [-0.1, -0.05) is 12.1 Å². The van der Waals surface area contributed by atoms with Crippen LogP contribution in [0.4, 0.5) is 18.9 Å². The molecule has 21 heavy (non-hydrogen) atoms. The second-order valence-corrected chi connectivity index (χ2v) is 4.46. The van der Waals surface area contributed by atoms with Crippen molar-refractivity contribution >= 4 is 11.6 Å². The van der Waals surface area contributed by atoms with Gasteiger partial charge in [0.1, 0.15) is 17.2 Å². The summed E-state index contributed by atoms with van der Waals surface area (Å²) < 4.78 is 40.1. The Kier molecular flexibility index (Phi) is 4.47. The van der Waals surface area contributed by atoms with Gasteiger partial charge in [0.25, 0.3) is 5.91 Å². The molecule has 2 rings (SSSR count). The van der Waals surface area contributed by atoms with Gasteiger partial charge < -0.3 is 11.1 Å². The molecule has 0 unspecified atom stereocenters. The molecule has 0 aliphatic carbocycles. The third-order valence-corrected chi connectivity index (χ3v) is 2.94. The summed E-state index contributed by atoms with van der Waals surface area (Å²) in [6.07, 6.45) is 0.342. The topological polar surface area (TPSA) is 55.1 Å². The zero-order valence-corrected chi connectivity index (χ0v) is 11.0. The van der Waals surface area contributed by atoms with Crippen LogP contribution in [-0.4, -0.2) is 12.5 Å². The molecule has 1 amide bonds. The van der Waals surface area contributed by atoms with E-state index in [1.54, 1.807) is 12.1 Å². The van der Waals surface area contributed by atoms with E-state index in [0.717, 1.165) is 12.1 Å². The number of hydrogen-bond donors (Lipinski definition) is 2. The first kappa shape index (κ1) is 14.9. The van der Waals surface area contributed by atoms with Crippen molar-refractivity contribution in [2.24, 2.45) is 0 Å². The predicted octanol–water partition coefficient (Wildman–Crippen LogP) is 2.66. The largest absolute Gasteiger partial charge is 0.396 e. The lowest BCUT2D eigenvalue weighted by Crippen LogP contribution is -2.28. The Morgan fingerprint density at radius 1 is 1.14 bits per heavy atom. The van der Waals surface area contributed by atoms with E-state index in [9.17, 15) is 18.0 Å². The average molecular weight is 294 g/mol. The SMILES string of the molecule is Nc1ccc(F)c(C(=O)NCCc2cccc(F)c2)c1F. The molecule has 110 valence electrons. The fraction of sp³-hybridized carbons (Fsp3) is 0.133. The highest BCUT2D eigenvalue weighted by molar-refractivity contribution is 5.95. The van der Waals surface area contributed by atoms with Gasteiger partial charge in [0.2, 0.25) is 0 Å². The molecule has 0 saturated heterocycles. The van der Waals surface area contributed by atoms with Crippen molar-refractivity contribution in [3.63, 3.8) is 0 Å². The summed E-state index contributed by atoms with van der Waals surface area (Å²) in [5.74, 6) is -3.34. The second-order valence-electron chi connectivity index (χ2n) is 4.46. The molecule has 2 aromatic carbocycles. The summed E-state index contributed by atoms with van der Waals surface area (Å²) in [5.41, 5.74) is 4.96. The Morgan fingerprint density at radius 2 is 1.90 bits per heavy atom. The van der Waals surface area contributed by atoms with Gasteiger partial charge in [0, 0.05) is 6.54 Å². The maximum Gasteiger partial charge on any atom is 0.257 e. The number of anilines is 1. The normalized spacial score (nSPS) is 10.4. The fourth-order valence-corrected chi connectivity index (χ4v) is 1.88. The van der Waals surface area contributed by atoms with Gasteiger partial charge in [-0.2, -0.15) is 0 Å². The van der Waals surface area contributed by atoms with Crippen LogP contribution in [0.2, 0.25) is 0 Å². The number of amides is 1. The van der Waals surface area contributed by atoms with Gasteiger partial charge >= 0.3 is 0 Å². The minimum Gasteiger partial charge on any atom is -0.396 e. The van der Waals surface area contributed by atoms with Crippen LogP contribution in [-0.2, 0) is 6.42 Å². The predicted molar refractivity (Wildman–Crippen MR) is 73.2 cm³/mol. The van der Waals surface area contributed by atoms with Crippen molar-refractivity contribution in [2.45, 2.75) is 6.42 Å². The number of nitrogens with two attached hydrogens (primary N) is 1. The van der Waals surface area contributed by atoms with Gasteiger partial charge in [-0.25, -0.2) is 13.2 Å². The Hall–Kier alpha value is -2.50. The molecule has 0 bridgehead atoms. The molecule has 0 radical (unpaired) electrons. The number of halogens is 3. The summed E-state index contributed by atoms with van der Waals surface area (Å²) >= 11 is 0. The molecule has 6 heteroatoms. The first-order valence-electron chi connectivity index (χ1n) is 6.25. The molecule has 0 aliphatic heterocycles. The van der Waals surface area contributed by atoms with Crippen LogP contribution in [0.15, 0.2) is 36.4 Å². The standard InChI is InChI=1S/C15H13F3N2O/c16-10-3-1-2-9(8-10)6-7-20-15(21)13-11(17)4-5-12(19)14(13)18/h1-5,8H,6-7,19H2,(H,20,21). The van der Waals surface area contributed by atoms with Gasteiger partial charge in [0.15, 0.2) is 5.82 Å². The van der Waals surface area contributed by atoms with Crippen LogP contribution in [0, 0.1) is 17.5 Å². The van der Waals surface area contributed by atoms with Gasteiger partial charge in [-0.05, 0) is 36.2 Å². The monoisotopic (exact) mass is 294 g/mol. The zero-order valence-electron chi connectivity index (χ0n) is 11.0. The van der Waals surface area contributed by atoms with Gasteiger partial charge in [0.05, 0.1) is 5.69 Å². The van der Waals surface area contributed by atoms with Crippen LogP contribution >= 0.6 is 0 Å². The maximum absolute atomic E-state index is 13.6. The quantitative estimate of drug-likeness (QED) is 0.852. The summed E-state index contributed by atoms with van der Waals surface area (Å²) in [7, 11) is 0. The molecular weight excluding hydrogens is 281 g/mol. The molecule has 3 N–H and O–H groups in total. The van der Waals surface area contributed by atoms with Crippen molar-refractivity contribution in [1.29, 1.82) is 0 Å². The third kappa shape index (κ3) is 3.53. The molecule has 0 saturated carbocycles.